The van der Waals surface area contributed by atoms with Crippen molar-refractivity contribution in [3.05, 3.63) is 36.0 Å². The highest BCUT2D eigenvalue weighted by Crippen LogP contribution is 2.23. The maximum atomic E-state index is 9.65. The summed E-state index contributed by atoms with van der Waals surface area (Å²) in [5.41, 5.74) is 2.44. The molecule has 20 heavy (non-hydrogen) atoms. The molecular weight excluding hydrogens is 252 g/mol. The molecule has 0 aliphatic rings. The summed E-state index contributed by atoms with van der Waals surface area (Å²) in [7, 11) is 4.17. The van der Waals surface area contributed by atoms with Gasteiger partial charge in [-0.1, -0.05) is 18.2 Å². The quantitative estimate of drug-likeness (QED) is 0.805. The molecule has 0 spiro atoms. The minimum atomic E-state index is -0.708. The summed E-state index contributed by atoms with van der Waals surface area (Å²) in [4.78, 5) is 2.19. The molecule has 1 aromatic carbocycles. The number of fused-ring (bicyclic) bond motifs is 1. The molecule has 110 valence electrons. The molecule has 2 rings (SSSR count). The second-order valence-corrected chi connectivity index (χ2v) is 5.57. The molecule has 1 unspecified atom stereocenters. The fraction of sp³-hybridized carbons (Fsp3) is 0.500. The predicted molar refractivity (Wildman–Crippen MR) is 81.9 cm³/mol. The lowest BCUT2D eigenvalue weighted by molar-refractivity contribution is 0.0822. The lowest BCUT2D eigenvalue weighted by atomic mass is 10.1. The van der Waals surface area contributed by atoms with Crippen LogP contribution in [0.5, 0.6) is 0 Å². The van der Waals surface area contributed by atoms with Gasteiger partial charge in [-0.2, -0.15) is 0 Å². The lowest BCUT2D eigenvalue weighted by Gasteiger charge is -2.09. The van der Waals surface area contributed by atoms with Gasteiger partial charge in [0.15, 0.2) is 0 Å². The third kappa shape index (κ3) is 3.60. The fourth-order valence-electron chi connectivity index (χ4n) is 2.54. The highest BCUT2D eigenvalue weighted by molar-refractivity contribution is 5.84. The number of aromatic nitrogens is 1. The van der Waals surface area contributed by atoms with E-state index in [1.54, 1.807) is 0 Å². The number of hydrogen-bond donors (Lipinski definition) is 2. The standard InChI is InChI=1S/C16H24N2O2/c1-17(2)9-5-6-13-10-18(11-14(20)12-19)16-8-4-3-7-15(13)16/h3-4,7-8,10,14,19-20H,5-6,9,11-12H2,1-2H3. The number of rotatable bonds is 7. The Balaban J connectivity index is 2.21. The molecule has 1 aromatic heterocycles. The van der Waals surface area contributed by atoms with E-state index in [0.29, 0.717) is 6.54 Å². The minimum Gasteiger partial charge on any atom is -0.394 e. The first-order valence-electron chi connectivity index (χ1n) is 7.12. The largest absolute Gasteiger partial charge is 0.394 e. The molecule has 2 aromatic rings. The predicted octanol–water partition coefficient (Wildman–Crippen LogP) is 1.49. The van der Waals surface area contributed by atoms with Gasteiger partial charge in [0.1, 0.15) is 0 Å². The summed E-state index contributed by atoms with van der Waals surface area (Å²) >= 11 is 0. The van der Waals surface area contributed by atoms with Crippen molar-refractivity contribution in [1.82, 2.24) is 9.47 Å². The van der Waals surface area contributed by atoms with E-state index in [9.17, 15) is 5.11 Å². The third-order valence-corrected chi connectivity index (χ3v) is 3.54. The molecule has 0 saturated heterocycles. The molecule has 0 amide bonds. The van der Waals surface area contributed by atoms with Gasteiger partial charge in [0.2, 0.25) is 0 Å². The molecule has 0 fully saturated rings. The Bertz CT molecular complexity index is 548. The number of nitrogens with zero attached hydrogens (tertiary/aromatic N) is 2. The first-order valence-corrected chi connectivity index (χ1v) is 7.12. The number of aryl methyl sites for hydroxylation is 1. The Hall–Kier alpha value is -1.36. The van der Waals surface area contributed by atoms with Gasteiger partial charge >= 0.3 is 0 Å². The van der Waals surface area contributed by atoms with Crippen LogP contribution in [-0.2, 0) is 13.0 Å². The smallest absolute Gasteiger partial charge is 0.0949 e. The van der Waals surface area contributed by atoms with Gasteiger partial charge in [0, 0.05) is 17.1 Å². The summed E-state index contributed by atoms with van der Waals surface area (Å²) < 4.78 is 2.04. The van der Waals surface area contributed by atoms with Gasteiger partial charge < -0.3 is 19.7 Å². The van der Waals surface area contributed by atoms with E-state index in [1.165, 1.54) is 10.9 Å². The molecule has 0 radical (unpaired) electrons. The Morgan fingerprint density at radius 3 is 2.70 bits per heavy atom. The maximum Gasteiger partial charge on any atom is 0.0949 e. The van der Waals surface area contributed by atoms with Crippen molar-refractivity contribution in [3.8, 4) is 0 Å². The third-order valence-electron chi connectivity index (χ3n) is 3.54. The lowest BCUT2D eigenvalue weighted by Crippen LogP contribution is -2.19. The number of aliphatic hydroxyl groups excluding tert-OH is 2. The van der Waals surface area contributed by atoms with E-state index in [0.717, 1.165) is 24.9 Å². The van der Waals surface area contributed by atoms with Gasteiger partial charge in [0.05, 0.1) is 19.3 Å². The molecule has 2 N–H and O–H groups in total. The van der Waals surface area contributed by atoms with Crippen LogP contribution in [0.25, 0.3) is 10.9 Å². The summed E-state index contributed by atoms with van der Waals surface area (Å²) in [6, 6.07) is 8.25. The summed E-state index contributed by atoms with van der Waals surface area (Å²) in [6.45, 7) is 1.30. The van der Waals surface area contributed by atoms with E-state index in [1.807, 2.05) is 16.7 Å². The van der Waals surface area contributed by atoms with Crippen molar-refractivity contribution in [2.75, 3.05) is 27.2 Å². The van der Waals surface area contributed by atoms with Gasteiger partial charge in [-0.05, 0) is 45.1 Å². The molecular formula is C16H24N2O2. The maximum absolute atomic E-state index is 9.65. The van der Waals surface area contributed by atoms with Crippen LogP contribution >= 0.6 is 0 Å². The van der Waals surface area contributed by atoms with E-state index >= 15 is 0 Å². The Labute approximate surface area is 120 Å². The Morgan fingerprint density at radius 2 is 2.00 bits per heavy atom. The number of benzene rings is 1. The first-order chi connectivity index (χ1) is 9.61. The van der Waals surface area contributed by atoms with E-state index < -0.39 is 6.10 Å². The SMILES string of the molecule is CN(C)CCCc1cn(CC(O)CO)c2ccccc12. The van der Waals surface area contributed by atoms with Crippen molar-refractivity contribution in [2.45, 2.75) is 25.5 Å². The zero-order valence-electron chi connectivity index (χ0n) is 12.3. The van der Waals surface area contributed by atoms with Crippen molar-refractivity contribution in [3.63, 3.8) is 0 Å². The number of aliphatic hydroxyl groups is 2. The van der Waals surface area contributed by atoms with Crippen molar-refractivity contribution >= 4 is 10.9 Å². The van der Waals surface area contributed by atoms with Crippen LogP contribution in [0.1, 0.15) is 12.0 Å². The first kappa shape index (κ1) is 15.0. The Kier molecular flexibility index (Phi) is 5.17. The van der Waals surface area contributed by atoms with Crippen LogP contribution in [0.3, 0.4) is 0 Å². The van der Waals surface area contributed by atoms with Crippen molar-refractivity contribution in [1.29, 1.82) is 0 Å². The van der Waals surface area contributed by atoms with Crippen molar-refractivity contribution in [2.24, 2.45) is 0 Å². The zero-order valence-corrected chi connectivity index (χ0v) is 12.3. The zero-order chi connectivity index (χ0) is 14.5. The molecule has 0 aliphatic heterocycles. The number of hydrogen-bond acceptors (Lipinski definition) is 3. The van der Waals surface area contributed by atoms with Crippen molar-refractivity contribution < 1.29 is 10.2 Å². The monoisotopic (exact) mass is 276 g/mol. The highest BCUT2D eigenvalue weighted by Gasteiger charge is 2.10. The van der Waals surface area contributed by atoms with E-state index in [4.69, 9.17) is 5.11 Å². The van der Waals surface area contributed by atoms with Crippen LogP contribution in [0.15, 0.2) is 30.5 Å². The molecule has 0 aliphatic carbocycles. The normalized spacial score (nSPS) is 13.2. The number of para-hydroxylation sites is 1. The fourth-order valence-corrected chi connectivity index (χ4v) is 2.54. The van der Waals surface area contributed by atoms with Crippen LogP contribution in [0.4, 0.5) is 0 Å². The van der Waals surface area contributed by atoms with Gasteiger partial charge in [-0.3, -0.25) is 0 Å². The van der Waals surface area contributed by atoms with Crippen LogP contribution in [-0.4, -0.2) is 53.0 Å². The highest BCUT2D eigenvalue weighted by atomic mass is 16.3. The van der Waals surface area contributed by atoms with E-state index in [-0.39, 0.29) is 6.61 Å². The second-order valence-electron chi connectivity index (χ2n) is 5.57. The molecule has 1 heterocycles. The molecule has 0 bridgehead atoms. The summed E-state index contributed by atoms with van der Waals surface area (Å²) in [6.07, 6.45) is 3.55. The molecule has 4 nitrogen and oxygen atoms in total. The Morgan fingerprint density at radius 1 is 1.25 bits per heavy atom. The van der Waals surface area contributed by atoms with Crippen LogP contribution in [0.2, 0.25) is 0 Å². The topological polar surface area (TPSA) is 48.6 Å². The molecule has 1 atom stereocenters. The summed E-state index contributed by atoms with van der Waals surface area (Å²) in [5, 5.41) is 19.9. The van der Waals surface area contributed by atoms with Gasteiger partial charge in [-0.25, -0.2) is 0 Å². The summed E-state index contributed by atoms with van der Waals surface area (Å²) in [5.74, 6) is 0. The van der Waals surface area contributed by atoms with Crippen LogP contribution in [0, 0.1) is 0 Å². The average Bonchev–Trinajstić information content (AvgIpc) is 2.77. The average molecular weight is 276 g/mol. The molecule has 0 saturated carbocycles. The second kappa shape index (κ2) is 6.88. The van der Waals surface area contributed by atoms with E-state index in [2.05, 4.69) is 37.3 Å². The molecule has 4 heteroatoms. The van der Waals surface area contributed by atoms with Gasteiger partial charge in [-0.15, -0.1) is 0 Å². The van der Waals surface area contributed by atoms with Gasteiger partial charge in [0.25, 0.3) is 0 Å². The minimum absolute atomic E-state index is 0.206. The van der Waals surface area contributed by atoms with Crippen LogP contribution < -0.4 is 0 Å².